The molecular formula is C24H51O4P. The predicted octanol–water partition coefficient (Wildman–Crippen LogP) is 9.23. The fraction of sp³-hybridized carbons (Fsp3) is 1.00. The Morgan fingerprint density at radius 1 is 0.414 bits per heavy atom. The van der Waals surface area contributed by atoms with E-state index >= 15 is 0 Å². The van der Waals surface area contributed by atoms with E-state index in [9.17, 15) is 4.57 Å². The first kappa shape index (κ1) is 29.1. The Hall–Kier alpha value is 0.110. The van der Waals surface area contributed by atoms with Crippen LogP contribution >= 0.6 is 7.82 Å². The van der Waals surface area contributed by atoms with Crippen molar-refractivity contribution in [3.63, 3.8) is 0 Å². The number of unbranched alkanes of at least 4 members (excludes halogenated alkanes) is 15. The summed E-state index contributed by atoms with van der Waals surface area (Å²) in [7, 11) is -3.39. The highest BCUT2D eigenvalue weighted by Crippen LogP contribution is 2.50. The molecule has 0 aliphatic carbocycles. The van der Waals surface area contributed by atoms with Crippen LogP contribution < -0.4 is 0 Å². The summed E-state index contributed by atoms with van der Waals surface area (Å²) in [5.74, 6) is 0. The van der Waals surface area contributed by atoms with E-state index in [0.717, 1.165) is 38.5 Å². The molecule has 0 bridgehead atoms. The minimum Gasteiger partial charge on any atom is -0.287 e. The lowest BCUT2D eigenvalue weighted by atomic mass is 10.1. The SMILES string of the molecule is CCCCCCCCCCCCOP(=O)(OCCCCCC)OCCCCCC. The third kappa shape index (κ3) is 21.1. The van der Waals surface area contributed by atoms with Crippen molar-refractivity contribution in [2.24, 2.45) is 0 Å². The summed E-state index contributed by atoms with van der Waals surface area (Å²) in [6.07, 6.45) is 21.5. The van der Waals surface area contributed by atoms with Crippen LogP contribution in [0.5, 0.6) is 0 Å². The van der Waals surface area contributed by atoms with Crippen LogP contribution in [-0.2, 0) is 18.1 Å². The van der Waals surface area contributed by atoms with Gasteiger partial charge in [0.1, 0.15) is 0 Å². The van der Waals surface area contributed by atoms with Crippen LogP contribution in [-0.4, -0.2) is 19.8 Å². The smallest absolute Gasteiger partial charge is 0.287 e. The van der Waals surface area contributed by atoms with Crippen LogP contribution in [0, 0.1) is 0 Å². The number of phosphoric ester groups is 1. The Morgan fingerprint density at radius 3 is 0.966 bits per heavy atom. The molecule has 0 aromatic carbocycles. The van der Waals surface area contributed by atoms with Gasteiger partial charge in [-0.1, -0.05) is 117 Å². The normalized spacial score (nSPS) is 12.0. The van der Waals surface area contributed by atoms with E-state index in [4.69, 9.17) is 13.6 Å². The zero-order valence-corrected chi connectivity index (χ0v) is 20.8. The Bertz CT molecular complexity index is 345. The summed E-state index contributed by atoms with van der Waals surface area (Å²) in [6.45, 7) is 8.02. The van der Waals surface area contributed by atoms with Crippen LogP contribution in [0.15, 0.2) is 0 Å². The van der Waals surface area contributed by atoms with E-state index in [0.29, 0.717) is 19.8 Å². The number of phosphoric acid groups is 1. The summed E-state index contributed by atoms with van der Waals surface area (Å²) in [5.41, 5.74) is 0. The molecule has 0 heterocycles. The highest BCUT2D eigenvalue weighted by Gasteiger charge is 2.26. The second-order valence-corrected chi connectivity index (χ2v) is 9.92. The van der Waals surface area contributed by atoms with Crippen molar-refractivity contribution >= 4 is 7.82 Å². The monoisotopic (exact) mass is 434 g/mol. The first-order valence-corrected chi connectivity index (χ1v) is 14.2. The maximum atomic E-state index is 12.9. The molecule has 0 aliphatic rings. The van der Waals surface area contributed by atoms with Crippen LogP contribution in [0.1, 0.15) is 136 Å². The van der Waals surface area contributed by atoms with Crippen molar-refractivity contribution in [1.82, 2.24) is 0 Å². The van der Waals surface area contributed by atoms with Crippen molar-refractivity contribution in [1.29, 1.82) is 0 Å². The van der Waals surface area contributed by atoms with Gasteiger partial charge in [0.2, 0.25) is 0 Å². The molecule has 0 unspecified atom stereocenters. The molecule has 0 atom stereocenters. The zero-order valence-electron chi connectivity index (χ0n) is 19.9. The molecule has 0 aliphatic heterocycles. The Kier molecular flexibility index (Phi) is 22.9. The first-order valence-electron chi connectivity index (χ1n) is 12.7. The zero-order chi connectivity index (χ0) is 21.5. The fourth-order valence-electron chi connectivity index (χ4n) is 3.29. The van der Waals surface area contributed by atoms with E-state index in [1.54, 1.807) is 0 Å². The van der Waals surface area contributed by atoms with Crippen molar-refractivity contribution < 1.29 is 18.1 Å². The van der Waals surface area contributed by atoms with Gasteiger partial charge in [-0.15, -0.1) is 0 Å². The molecule has 0 N–H and O–H groups in total. The Balaban J connectivity index is 3.89. The molecule has 0 aromatic rings. The molecule has 0 radical (unpaired) electrons. The third-order valence-corrected chi connectivity index (χ3v) is 6.74. The van der Waals surface area contributed by atoms with Gasteiger partial charge in [-0.3, -0.25) is 13.6 Å². The fourth-order valence-corrected chi connectivity index (χ4v) is 4.57. The summed E-state index contributed by atoms with van der Waals surface area (Å²) in [4.78, 5) is 0. The molecule has 5 heteroatoms. The van der Waals surface area contributed by atoms with Crippen LogP contribution in [0.4, 0.5) is 0 Å². The van der Waals surface area contributed by atoms with E-state index in [1.807, 2.05) is 0 Å². The predicted molar refractivity (Wildman–Crippen MR) is 126 cm³/mol. The molecule has 4 nitrogen and oxygen atoms in total. The highest BCUT2D eigenvalue weighted by molar-refractivity contribution is 7.48. The van der Waals surface area contributed by atoms with Crippen molar-refractivity contribution in [2.75, 3.05) is 19.8 Å². The molecule has 29 heavy (non-hydrogen) atoms. The third-order valence-electron chi connectivity index (χ3n) is 5.24. The standard InChI is InChI=1S/C24H51O4P/c1-4-7-10-13-14-15-16-17-18-21-24-28-29(25,26-22-19-11-8-5-2)27-23-20-12-9-6-3/h4-24H2,1-3H3. The van der Waals surface area contributed by atoms with Gasteiger partial charge in [0.05, 0.1) is 19.8 Å². The van der Waals surface area contributed by atoms with E-state index < -0.39 is 7.82 Å². The van der Waals surface area contributed by atoms with Crippen LogP contribution in [0.3, 0.4) is 0 Å². The highest BCUT2D eigenvalue weighted by atomic mass is 31.2. The van der Waals surface area contributed by atoms with Gasteiger partial charge in [-0.2, -0.15) is 0 Å². The van der Waals surface area contributed by atoms with E-state index in [1.165, 1.54) is 77.0 Å². The Labute approximate surface area is 182 Å². The molecule has 0 saturated heterocycles. The minimum absolute atomic E-state index is 0.463. The van der Waals surface area contributed by atoms with E-state index in [-0.39, 0.29) is 0 Å². The van der Waals surface area contributed by atoms with Gasteiger partial charge in [0.15, 0.2) is 0 Å². The average Bonchev–Trinajstić information content (AvgIpc) is 2.72. The maximum absolute atomic E-state index is 12.9. The Morgan fingerprint density at radius 2 is 0.655 bits per heavy atom. The van der Waals surface area contributed by atoms with Gasteiger partial charge in [-0.05, 0) is 19.3 Å². The molecule has 0 rings (SSSR count). The molecule has 0 aromatic heterocycles. The summed E-state index contributed by atoms with van der Waals surface area (Å²) >= 11 is 0. The van der Waals surface area contributed by atoms with Crippen molar-refractivity contribution in [3.8, 4) is 0 Å². The maximum Gasteiger partial charge on any atom is 0.474 e. The summed E-state index contributed by atoms with van der Waals surface area (Å²) in [6, 6.07) is 0. The summed E-state index contributed by atoms with van der Waals surface area (Å²) < 4.78 is 29.7. The number of rotatable bonds is 24. The lowest BCUT2D eigenvalue weighted by Crippen LogP contribution is -2.04. The van der Waals surface area contributed by atoms with Gasteiger partial charge in [0.25, 0.3) is 0 Å². The topological polar surface area (TPSA) is 44.8 Å². The largest absolute Gasteiger partial charge is 0.474 e. The quantitative estimate of drug-likeness (QED) is 0.112. The molecule has 0 spiro atoms. The second-order valence-electron chi connectivity index (χ2n) is 8.25. The van der Waals surface area contributed by atoms with Crippen molar-refractivity contribution in [2.45, 2.75) is 136 Å². The molecule has 0 saturated carbocycles. The lowest BCUT2D eigenvalue weighted by molar-refractivity contribution is 0.108. The van der Waals surface area contributed by atoms with Gasteiger partial charge in [0, 0.05) is 0 Å². The molecule has 0 amide bonds. The molecule has 176 valence electrons. The number of hydrogen-bond acceptors (Lipinski definition) is 4. The molecular weight excluding hydrogens is 383 g/mol. The second kappa shape index (κ2) is 22.8. The average molecular weight is 435 g/mol. The van der Waals surface area contributed by atoms with E-state index in [2.05, 4.69) is 20.8 Å². The first-order chi connectivity index (χ1) is 14.2. The number of hydrogen-bond donors (Lipinski definition) is 0. The van der Waals surface area contributed by atoms with Crippen LogP contribution in [0.2, 0.25) is 0 Å². The van der Waals surface area contributed by atoms with Crippen molar-refractivity contribution in [3.05, 3.63) is 0 Å². The summed E-state index contributed by atoms with van der Waals surface area (Å²) in [5, 5.41) is 0. The lowest BCUT2D eigenvalue weighted by Gasteiger charge is -2.18. The van der Waals surface area contributed by atoms with Gasteiger partial charge < -0.3 is 0 Å². The van der Waals surface area contributed by atoms with Crippen LogP contribution in [0.25, 0.3) is 0 Å². The molecule has 0 fully saturated rings. The minimum atomic E-state index is -3.39. The van der Waals surface area contributed by atoms with Gasteiger partial charge in [-0.25, -0.2) is 4.57 Å². The van der Waals surface area contributed by atoms with Gasteiger partial charge >= 0.3 is 7.82 Å².